The molecule has 0 aromatic carbocycles. The first-order chi connectivity index (χ1) is 11.2. The Balaban J connectivity index is 5.21. The smallest absolute Gasteiger partial charge is 0.451 e. The highest BCUT2D eigenvalue weighted by Gasteiger charge is 2.42. The zero-order chi connectivity index (χ0) is 18.8. The third-order valence-corrected chi connectivity index (χ3v) is 6.20. The number of hydrogen-bond donors (Lipinski definition) is 0. The number of hydrogen-bond acceptors (Lipinski definition) is 6. The van der Waals surface area contributed by atoms with E-state index in [0.29, 0.717) is 31.4 Å². The highest BCUT2D eigenvalue weighted by Crippen LogP contribution is 2.22. The maximum atomic E-state index is 12.3. The average molecular weight is 359 g/mol. The fourth-order valence-electron chi connectivity index (χ4n) is 2.06. The Morgan fingerprint density at radius 1 is 0.917 bits per heavy atom. The van der Waals surface area contributed by atoms with Gasteiger partial charge in [0.2, 0.25) is 0 Å². The SMILES string of the molecule is C=C(C)C(=O)OC(CC[Si](OCC)(OCC)OCC)C(=O)C(=C)C. The molecule has 0 saturated heterocycles. The van der Waals surface area contributed by atoms with Crippen LogP contribution in [0.3, 0.4) is 0 Å². The van der Waals surface area contributed by atoms with Crippen molar-refractivity contribution in [1.29, 1.82) is 0 Å². The van der Waals surface area contributed by atoms with Crippen LogP contribution < -0.4 is 0 Å². The summed E-state index contributed by atoms with van der Waals surface area (Å²) in [5.41, 5.74) is 0.559. The van der Waals surface area contributed by atoms with Gasteiger partial charge in [-0.3, -0.25) is 4.79 Å². The number of esters is 1. The van der Waals surface area contributed by atoms with E-state index < -0.39 is 20.9 Å². The Hall–Kier alpha value is -1.28. The van der Waals surface area contributed by atoms with Crippen molar-refractivity contribution in [3.05, 3.63) is 24.3 Å². The summed E-state index contributed by atoms with van der Waals surface area (Å²) in [5.74, 6) is -0.928. The van der Waals surface area contributed by atoms with E-state index in [4.69, 9.17) is 18.0 Å². The van der Waals surface area contributed by atoms with Gasteiger partial charge in [-0.2, -0.15) is 0 Å². The van der Waals surface area contributed by atoms with Gasteiger partial charge >= 0.3 is 14.8 Å². The number of carbonyl (C=O) groups is 2. The summed E-state index contributed by atoms with van der Waals surface area (Å²) < 4.78 is 22.5. The number of ether oxygens (including phenoxy) is 1. The molecule has 0 N–H and O–H groups in total. The number of ketones is 1. The van der Waals surface area contributed by atoms with E-state index in [1.807, 2.05) is 20.8 Å². The first-order valence-corrected chi connectivity index (χ1v) is 10.1. The van der Waals surface area contributed by atoms with Gasteiger partial charge in [-0.15, -0.1) is 0 Å². The second kappa shape index (κ2) is 11.3. The van der Waals surface area contributed by atoms with Gasteiger partial charge in [0.1, 0.15) is 0 Å². The zero-order valence-corrected chi connectivity index (χ0v) is 16.5. The monoisotopic (exact) mass is 358 g/mol. The van der Waals surface area contributed by atoms with Crippen LogP contribution in [0.25, 0.3) is 0 Å². The van der Waals surface area contributed by atoms with Crippen LogP contribution in [0.15, 0.2) is 24.3 Å². The zero-order valence-electron chi connectivity index (χ0n) is 15.5. The van der Waals surface area contributed by atoms with Crippen molar-refractivity contribution < 1.29 is 27.6 Å². The Kier molecular flexibility index (Phi) is 10.7. The summed E-state index contributed by atoms with van der Waals surface area (Å²) in [6.07, 6.45) is -0.698. The third kappa shape index (κ3) is 7.52. The highest BCUT2D eigenvalue weighted by molar-refractivity contribution is 6.60. The minimum Gasteiger partial charge on any atom is -0.451 e. The molecule has 138 valence electrons. The highest BCUT2D eigenvalue weighted by atomic mass is 28.4. The van der Waals surface area contributed by atoms with Crippen molar-refractivity contribution in [2.24, 2.45) is 0 Å². The van der Waals surface area contributed by atoms with Gasteiger partial charge in [0.05, 0.1) is 0 Å². The molecule has 0 saturated carbocycles. The van der Waals surface area contributed by atoms with Crippen LogP contribution in [0.1, 0.15) is 41.0 Å². The Bertz CT molecular complexity index is 443. The second-order valence-corrected chi connectivity index (χ2v) is 8.07. The second-order valence-electron chi connectivity index (χ2n) is 5.34. The third-order valence-electron chi connectivity index (χ3n) is 3.12. The molecule has 0 aliphatic carbocycles. The van der Waals surface area contributed by atoms with Gasteiger partial charge in [-0.1, -0.05) is 13.2 Å². The summed E-state index contributed by atoms with van der Waals surface area (Å²) in [6.45, 7) is 17.2. The minimum atomic E-state index is -2.91. The molecule has 0 rings (SSSR count). The quantitative estimate of drug-likeness (QED) is 0.286. The molecule has 0 radical (unpaired) electrons. The normalized spacial score (nSPS) is 12.5. The van der Waals surface area contributed by atoms with E-state index in [-0.39, 0.29) is 17.8 Å². The fourth-order valence-corrected chi connectivity index (χ4v) is 4.68. The topological polar surface area (TPSA) is 71.1 Å². The molecule has 0 heterocycles. The summed E-state index contributed by atoms with van der Waals surface area (Å²) in [5, 5.41) is 0. The first-order valence-electron chi connectivity index (χ1n) is 8.21. The van der Waals surface area contributed by atoms with Gasteiger partial charge in [-0.05, 0) is 46.6 Å². The van der Waals surface area contributed by atoms with Crippen LogP contribution >= 0.6 is 0 Å². The fraction of sp³-hybridized carbons (Fsp3) is 0.647. The summed E-state index contributed by atoms with van der Waals surface area (Å²) in [6, 6.07) is 0.371. The molecule has 6 nitrogen and oxygen atoms in total. The standard InChI is InChI=1S/C17H30O6Si/c1-8-20-24(21-9-2,22-10-3)12-11-15(16(18)13(4)5)23-17(19)14(6)7/h15H,4,6,8-12H2,1-3,5,7H3. The Morgan fingerprint density at radius 3 is 1.71 bits per heavy atom. The Labute approximate surface area is 146 Å². The molecule has 0 aliphatic rings. The van der Waals surface area contributed by atoms with E-state index in [9.17, 15) is 9.59 Å². The molecular weight excluding hydrogens is 328 g/mol. The lowest BCUT2D eigenvalue weighted by atomic mass is 10.1. The molecule has 0 aliphatic heterocycles. The van der Waals surface area contributed by atoms with E-state index in [1.165, 1.54) is 6.92 Å². The molecule has 0 amide bonds. The molecule has 7 heteroatoms. The molecular formula is C17H30O6Si. The molecule has 24 heavy (non-hydrogen) atoms. The van der Waals surface area contributed by atoms with Gasteiger partial charge in [-0.25, -0.2) is 4.79 Å². The maximum Gasteiger partial charge on any atom is 0.501 e. The molecule has 0 bridgehead atoms. The van der Waals surface area contributed by atoms with Gasteiger partial charge in [0.25, 0.3) is 0 Å². The average Bonchev–Trinajstić information content (AvgIpc) is 2.51. The predicted molar refractivity (Wildman–Crippen MR) is 94.6 cm³/mol. The Morgan fingerprint density at radius 2 is 1.38 bits per heavy atom. The largest absolute Gasteiger partial charge is 0.501 e. The van der Waals surface area contributed by atoms with Crippen molar-refractivity contribution in [3.8, 4) is 0 Å². The molecule has 0 aromatic rings. The number of carbonyl (C=O) groups excluding carboxylic acids is 2. The van der Waals surface area contributed by atoms with Gasteiger partial charge in [0.15, 0.2) is 11.9 Å². The van der Waals surface area contributed by atoms with Crippen LogP contribution in [0.4, 0.5) is 0 Å². The molecule has 1 unspecified atom stereocenters. The van der Waals surface area contributed by atoms with Crippen LogP contribution in [-0.2, 0) is 27.6 Å². The summed E-state index contributed by atoms with van der Waals surface area (Å²) in [4.78, 5) is 24.1. The van der Waals surface area contributed by atoms with Crippen molar-refractivity contribution in [3.63, 3.8) is 0 Å². The van der Waals surface area contributed by atoms with E-state index >= 15 is 0 Å². The van der Waals surface area contributed by atoms with Crippen molar-refractivity contribution >= 4 is 20.6 Å². The van der Waals surface area contributed by atoms with Crippen LogP contribution in [0.5, 0.6) is 0 Å². The number of Topliss-reactive ketones (excluding diaryl/α,β-unsaturated/α-hetero) is 1. The van der Waals surface area contributed by atoms with Crippen molar-refractivity contribution in [2.75, 3.05) is 19.8 Å². The lowest BCUT2D eigenvalue weighted by Gasteiger charge is -2.29. The van der Waals surface area contributed by atoms with E-state index in [1.54, 1.807) is 6.92 Å². The van der Waals surface area contributed by atoms with Gasteiger partial charge in [0, 0.05) is 31.4 Å². The summed E-state index contributed by atoms with van der Waals surface area (Å²) in [7, 11) is -2.91. The summed E-state index contributed by atoms with van der Waals surface area (Å²) >= 11 is 0. The molecule has 0 spiro atoms. The van der Waals surface area contributed by atoms with Crippen molar-refractivity contribution in [2.45, 2.75) is 53.2 Å². The van der Waals surface area contributed by atoms with Gasteiger partial charge < -0.3 is 18.0 Å². The first kappa shape index (κ1) is 22.7. The number of rotatable bonds is 13. The molecule has 0 fully saturated rings. The molecule has 0 aromatic heterocycles. The van der Waals surface area contributed by atoms with Crippen LogP contribution in [0, 0.1) is 0 Å². The van der Waals surface area contributed by atoms with E-state index in [2.05, 4.69) is 13.2 Å². The lowest BCUT2D eigenvalue weighted by molar-refractivity contribution is -0.150. The van der Waals surface area contributed by atoms with Crippen LogP contribution in [-0.4, -0.2) is 46.5 Å². The minimum absolute atomic E-state index is 0.234. The lowest BCUT2D eigenvalue weighted by Crippen LogP contribution is -2.47. The van der Waals surface area contributed by atoms with Crippen molar-refractivity contribution in [1.82, 2.24) is 0 Å². The van der Waals surface area contributed by atoms with Crippen LogP contribution in [0.2, 0.25) is 6.04 Å². The predicted octanol–water partition coefficient (Wildman–Crippen LogP) is 3.06. The molecule has 1 atom stereocenters. The van der Waals surface area contributed by atoms with E-state index in [0.717, 1.165) is 0 Å². The maximum absolute atomic E-state index is 12.3.